The van der Waals surface area contributed by atoms with E-state index >= 15 is 0 Å². The van der Waals surface area contributed by atoms with Gasteiger partial charge in [-0.05, 0) is 36.4 Å². The van der Waals surface area contributed by atoms with Gasteiger partial charge < -0.3 is 9.84 Å². The van der Waals surface area contributed by atoms with Gasteiger partial charge in [0.25, 0.3) is 0 Å². The van der Waals surface area contributed by atoms with Crippen LogP contribution in [0.1, 0.15) is 17.7 Å². The summed E-state index contributed by atoms with van der Waals surface area (Å²) in [7, 11) is 0. The third kappa shape index (κ3) is 2.52. The van der Waals surface area contributed by atoms with Crippen molar-refractivity contribution in [3.8, 4) is 0 Å². The van der Waals surface area contributed by atoms with Gasteiger partial charge in [0.15, 0.2) is 0 Å². The van der Waals surface area contributed by atoms with Gasteiger partial charge in [-0.3, -0.25) is 0 Å². The first-order valence-corrected chi connectivity index (χ1v) is 5.95. The lowest BCUT2D eigenvalue weighted by molar-refractivity contribution is -0.130. The minimum Gasteiger partial charge on any atom is -0.494 e. The Morgan fingerprint density at radius 1 is 1.62 bits per heavy atom. The van der Waals surface area contributed by atoms with E-state index in [4.69, 9.17) is 9.84 Å². The number of aliphatic carboxylic acids is 1. The number of carbonyl (C=O) groups is 1. The van der Waals surface area contributed by atoms with Crippen molar-refractivity contribution in [1.29, 1.82) is 0 Å². The van der Waals surface area contributed by atoms with Crippen LogP contribution >= 0.6 is 11.3 Å². The van der Waals surface area contributed by atoms with E-state index in [1.165, 1.54) is 11.3 Å². The van der Waals surface area contributed by atoms with Crippen molar-refractivity contribution in [2.45, 2.75) is 18.9 Å². The van der Waals surface area contributed by atoms with E-state index in [1.54, 1.807) is 12.3 Å². The summed E-state index contributed by atoms with van der Waals surface area (Å²) in [5.74, 6) is -0.902. The number of thiophene rings is 1. The van der Waals surface area contributed by atoms with Gasteiger partial charge >= 0.3 is 5.97 Å². The first-order chi connectivity index (χ1) is 7.77. The topological polar surface area (TPSA) is 46.5 Å². The first kappa shape index (κ1) is 11.0. The maximum Gasteiger partial charge on any atom is 0.336 e. The molecule has 2 heterocycles. The Labute approximate surface area is 97.7 Å². The van der Waals surface area contributed by atoms with Gasteiger partial charge in [-0.2, -0.15) is 0 Å². The van der Waals surface area contributed by atoms with Crippen LogP contribution in [0, 0.1) is 0 Å². The summed E-state index contributed by atoms with van der Waals surface area (Å²) in [6.45, 7) is 0. The van der Waals surface area contributed by atoms with Crippen molar-refractivity contribution < 1.29 is 14.6 Å². The minimum absolute atomic E-state index is 0.127. The van der Waals surface area contributed by atoms with E-state index in [0.717, 1.165) is 17.7 Å². The van der Waals surface area contributed by atoms with Gasteiger partial charge in [-0.15, -0.1) is 11.3 Å². The zero-order valence-electron chi connectivity index (χ0n) is 8.63. The summed E-state index contributed by atoms with van der Waals surface area (Å²) in [6, 6.07) is 3.65. The molecular weight excluding hydrogens is 224 g/mol. The Kier molecular flexibility index (Phi) is 3.41. The molecule has 0 bridgehead atoms. The highest BCUT2D eigenvalue weighted by Crippen LogP contribution is 2.23. The Balaban J connectivity index is 2.22. The standard InChI is InChI=1S/C12H12O3S/c13-12(14)10(11-5-3-7-16-11)8-9-4-1-2-6-15-9/h2-3,5-9H,1,4H2,(H,13,14). The molecule has 1 aromatic heterocycles. The summed E-state index contributed by atoms with van der Waals surface area (Å²) in [6.07, 6.45) is 6.90. The molecule has 1 atom stereocenters. The molecule has 0 fully saturated rings. The van der Waals surface area contributed by atoms with Crippen molar-refractivity contribution in [2.75, 3.05) is 0 Å². The summed E-state index contributed by atoms with van der Waals surface area (Å²) < 4.78 is 5.34. The fourth-order valence-corrected chi connectivity index (χ4v) is 2.30. The molecule has 1 unspecified atom stereocenters. The second-order valence-corrected chi connectivity index (χ2v) is 4.43. The Morgan fingerprint density at radius 2 is 2.50 bits per heavy atom. The third-order valence-corrected chi connectivity index (χ3v) is 3.24. The van der Waals surface area contributed by atoms with Gasteiger partial charge in [0, 0.05) is 4.88 Å². The lowest BCUT2D eigenvalue weighted by atomic mass is 10.1. The maximum absolute atomic E-state index is 11.1. The molecule has 2 rings (SSSR count). The molecule has 1 aliphatic rings. The molecule has 0 aromatic carbocycles. The maximum atomic E-state index is 11.1. The molecule has 0 saturated heterocycles. The third-order valence-electron chi connectivity index (χ3n) is 2.34. The second-order valence-electron chi connectivity index (χ2n) is 3.49. The molecule has 84 valence electrons. The molecule has 1 aliphatic heterocycles. The summed E-state index contributed by atoms with van der Waals surface area (Å²) in [5, 5.41) is 11.0. The lowest BCUT2D eigenvalue weighted by Crippen LogP contribution is -2.11. The Bertz CT molecular complexity index is 417. The molecule has 3 nitrogen and oxygen atoms in total. The average molecular weight is 236 g/mol. The van der Waals surface area contributed by atoms with E-state index in [9.17, 15) is 4.79 Å². The van der Waals surface area contributed by atoms with Crippen LogP contribution in [0.2, 0.25) is 0 Å². The number of ether oxygens (including phenoxy) is 1. The number of hydrogen-bond acceptors (Lipinski definition) is 3. The molecule has 0 radical (unpaired) electrons. The Morgan fingerprint density at radius 3 is 3.06 bits per heavy atom. The average Bonchev–Trinajstić information content (AvgIpc) is 2.80. The van der Waals surface area contributed by atoms with Crippen LogP contribution in [0.15, 0.2) is 35.9 Å². The van der Waals surface area contributed by atoms with Crippen LogP contribution in [0.25, 0.3) is 5.57 Å². The summed E-state index contributed by atoms with van der Waals surface area (Å²) in [5.41, 5.74) is 0.329. The fraction of sp³-hybridized carbons (Fsp3) is 0.250. The number of rotatable bonds is 3. The monoisotopic (exact) mass is 236 g/mol. The van der Waals surface area contributed by atoms with E-state index in [1.807, 2.05) is 23.6 Å². The predicted octanol–water partition coefficient (Wildman–Crippen LogP) is 2.91. The molecule has 0 saturated carbocycles. The Hall–Kier alpha value is -1.55. The van der Waals surface area contributed by atoms with E-state index < -0.39 is 5.97 Å². The number of carboxylic acid groups (broad SMARTS) is 1. The number of allylic oxidation sites excluding steroid dienone is 1. The van der Waals surface area contributed by atoms with Crippen molar-refractivity contribution in [3.05, 3.63) is 40.8 Å². The number of carboxylic acids is 1. The molecule has 1 aromatic rings. The van der Waals surface area contributed by atoms with Crippen LogP contribution in [0.4, 0.5) is 0 Å². The van der Waals surface area contributed by atoms with Crippen LogP contribution in [0.5, 0.6) is 0 Å². The SMILES string of the molecule is O=C(O)C(=CC1CCC=CO1)c1cccs1. The van der Waals surface area contributed by atoms with Crippen molar-refractivity contribution in [1.82, 2.24) is 0 Å². The normalized spacial score (nSPS) is 20.5. The molecular formula is C12H12O3S. The molecule has 0 spiro atoms. The summed E-state index contributed by atoms with van der Waals surface area (Å²) >= 11 is 1.43. The zero-order chi connectivity index (χ0) is 11.4. The first-order valence-electron chi connectivity index (χ1n) is 5.07. The van der Waals surface area contributed by atoms with E-state index in [2.05, 4.69) is 0 Å². The predicted molar refractivity (Wildman–Crippen MR) is 63.2 cm³/mol. The van der Waals surface area contributed by atoms with E-state index in [-0.39, 0.29) is 6.10 Å². The van der Waals surface area contributed by atoms with Gasteiger partial charge in [0.2, 0.25) is 0 Å². The van der Waals surface area contributed by atoms with Crippen molar-refractivity contribution in [3.63, 3.8) is 0 Å². The van der Waals surface area contributed by atoms with Crippen LogP contribution in [0.3, 0.4) is 0 Å². The van der Waals surface area contributed by atoms with Gasteiger partial charge in [-0.1, -0.05) is 6.07 Å². The largest absolute Gasteiger partial charge is 0.494 e. The van der Waals surface area contributed by atoms with Gasteiger partial charge in [0.1, 0.15) is 6.10 Å². The van der Waals surface area contributed by atoms with E-state index in [0.29, 0.717) is 5.57 Å². The van der Waals surface area contributed by atoms with Crippen LogP contribution < -0.4 is 0 Å². The minimum atomic E-state index is -0.902. The highest BCUT2D eigenvalue weighted by molar-refractivity contribution is 7.11. The van der Waals surface area contributed by atoms with Crippen LogP contribution in [-0.4, -0.2) is 17.2 Å². The molecule has 0 aliphatic carbocycles. The van der Waals surface area contributed by atoms with Crippen molar-refractivity contribution >= 4 is 22.9 Å². The van der Waals surface area contributed by atoms with Crippen LogP contribution in [-0.2, 0) is 9.53 Å². The smallest absolute Gasteiger partial charge is 0.336 e. The molecule has 16 heavy (non-hydrogen) atoms. The highest BCUT2D eigenvalue weighted by atomic mass is 32.1. The van der Waals surface area contributed by atoms with Crippen molar-refractivity contribution in [2.24, 2.45) is 0 Å². The molecule has 0 amide bonds. The number of hydrogen-bond donors (Lipinski definition) is 1. The highest BCUT2D eigenvalue weighted by Gasteiger charge is 2.16. The van der Waals surface area contributed by atoms with Gasteiger partial charge in [-0.25, -0.2) is 4.79 Å². The zero-order valence-corrected chi connectivity index (χ0v) is 9.44. The lowest BCUT2D eigenvalue weighted by Gasteiger charge is -2.16. The molecule has 4 heteroatoms. The van der Waals surface area contributed by atoms with Gasteiger partial charge in [0.05, 0.1) is 11.8 Å². The fourth-order valence-electron chi connectivity index (χ4n) is 1.55. The summed E-state index contributed by atoms with van der Waals surface area (Å²) in [4.78, 5) is 11.9. The molecule has 1 N–H and O–H groups in total. The quantitative estimate of drug-likeness (QED) is 0.821. The second kappa shape index (κ2) is 4.99.